The molecule has 3 rings (SSSR count). The van der Waals surface area contributed by atoms with E-state index in [0.717, 1.165) is 27.7 Å². The van der Waals surface area contributed by atoms with Crippen molar-refractivity contribution in [3.05, 3.63) is 66.1 Å². The number of nitrogens with zero attached hydrogens (tertiary/aromatic N) is 1. The van der Waals surface area contributed by atoms with Crippen LogP contribution in [0.5, 0.6) is 0 Å². The SMILES string of the molecule is CC(C)C[C@H](N)[C@H](CC(=O)O)OC(=O)C[C@@H](O)C[C@@H](O)/C=C/c1c(-c2ccc(F)cc2)c2ccccc2n1C(C)C. The number of hydrogen-bond acceptors (Lipinski definition) is 6. The van der Waals surface area contributed by atoms with E-state index in [2.05, 4.69) is 18.4 Å². The lowest BCUT2D eigenvalue weighted by Gasteiger charge is -2.24. The van der Waals surface area contributed by atoms with Crippen LogP contribution in [-0.4, -0.2) is 56.2 Å². The standard InChI is InChI=1S/C32H41FN2O6/c1-19(2)15-26(34)29(18-30(38)39)41-31(40)17-24(37)16-23(36)13-14-28-32(21-9-11-22(33)12-10-21)25-7-5-6-8-27(25)35(28)20(3)4/h5-14,19-20,23-24,26,29,36-37H,15-18,34H2,1-4H3,(H,38,39)/b14-13+/t23-,24-,26-,29-/m0/s1. The van der Waals surface area contributed by atoms with Gasteiger partial charge >= 0.3 is 11.9 Å². The number of carboxylic acid groups (broad SMARTS) is 1. The molecule has 0 aliphatic heterocycles. The van der Waals surface area contributed by atoms with Crippen LogP contribution in [0.1, 0.15) is 65.1 Å². The minimum atomic E-state index is -1.22. The fourth-order valence-corrected chi connectivity index (χ4v) is 5.12. The molecule has 0 amide bonds. The number of carbonyl (C=O) groups is 2. The zero-order valence-corrected chi connectivity index (χ0v) is 24.0. The fourth-order valence-electron chi connectivity index (χ4n) is 5.12. The minimum Gasteiger partial charge on any atom is -0.481 e. The predicted molar refractivity (Wildman–Crippen MR) is 158 cm³/mol. The van der Waals surface area contributed by atoms with Gasteiger partial charge in [0.2, 0.25) is 0 Å². The van der Waals surface area contributed by atoms with Crippen LogP contribution in [0, 0.1) is 11.7 Å². The van der Waals surface area contributed by atoms with Gasteiger partial charge in [-0.2, -0.15) is 0 Å². The number of aliphatic hydroxyl groups is 2. The maximum Gasteiger partial charge on any atom is 0.308 e. The molecule has 222 valence electrons. The number of aliphatic carboxylic acids is 1. The second kappa shape index (κ2) is 14.4. The molecule has 0 saturated carbocycles. The molecule has 2 aromatic carbocycles. The Kier molecular flexibility index (Phi) is 11.2. The highest BCUT2D eigenvalue weighted by Crippen LogP contribution is 2.38. The van der Waals surface area contributed by atoms with Crippen molar-refractivity contribution in [2.45, 2.75) is 83.8 Å². The monoisotopic (exact) mass is 568 g/mol. The maximum absolute atomic E-state index is 13.7. The number of benzene rings is 2. The number of carboxylic acids is 1. The van der Waals surface area contributed by atoms with Crippen LogP contribution in [0.2, 0.25) is 0 Å². The van der Waals surface area contributed by atoms with Crippen LogP contribution in [0.4, 0.5) is 4.39 Å². The second-order valence-corrected chi connectivity index (χ2v) is 11.2. The molecule has 4 atom stereocenters. The van der Waals surface area contributed by atoms with Gasteiger partial charge in [0.15, 0.2) is 0 Å². The molecule has 0 spiro atoms. The van der Waals surface area contributed by atoms with Crippen molar-refractivity contribution in [1.82, 2.24) is 4.57 Å². The lowest BCUT2D eigenvalue weighted by atomic mass is 9.98. The van der Waals surface area contributed by atoms with Crippen molar-refractivity contribution in [2.75, 3.05) is 0 Å². The number of rotatable bonds is 14. The first-order valence-corrected chi connectivity index (χ1v) is 14.0. The Bertz CT molecular complexity index is 1350. The van der Waals surface area contributed by atoms with Gasteiger partial charge in [-0.1, -0.05) is 50.3 Å². The van der Waals surface area contributed by atoms with Gasteiger partial charge in [-0.15, -0.1) is 0 Å². The third-order valence-corrected chi connectivity index (χ3v) is 6.87. The van der Waals surface area contributed by atoms with Crippen molar-refractivity contribution < 1.29 is 34.0 Å². The van der Waals surface area contributed by atoms with Gasteiger partial charge in [-0.3, -0.25) is 9.59 Å². The van der Waals surface area contributed by atoms with Crippen LogP contribution in [0.3, 0.4) is 0 Å². The Morgan fingerprint density at radius 2 is 1.66 bits per heavy atom. The van der Waals surface area contributed by atoms with Crippen LogP contribution in [0.25, 0.3) is 28.1 Å². The van der Waals surface area contributed by atoms with Crippen molar-refractivity contribution in [3.63, 3.8) is 0 Å². The Balaban J connectivity index is 1.77. The third kappa shape index (κ3) is 8.73. The highest BCUT2D eigenvalue weighted by atomic mass is 19.1. The molecule has 9 heteroatoms. The van der Waals surface area contributed by atoms with E-state index >= 15 is 0 Å². The summed E-state index contributed by atoms with van der Waals surface area (Å²) in [7, 11) is 0. The highest BCUT2D eigenvalue weighted by Gasteiger charge is 2.27. The molecule has 0 saturated heterocycles. The smallest absolute Gasteiger partial charge is 0.308 e. The van der Waals surface area contributed by atoms with Crippen LogP contribution in [0.15, 0.2) is 54.6 Å². The summed E-state index contributed by atoms with van der Waals surface area (Å²) >= 11 is 0. The zero-order chi connectivity index (χ0) is 30.3. The quantitative estimate of drug-likeness (QED) is 0.194. The zero-order valence-electron chi connectivity index (χ0n) is 24.0. The topological polar surface area (TPSA) is 135 Å². The average molecular weight is 569 g/mol. The summed E-state index contributed by atoms with van der Waals surface area (Å²) in [6.45, 7) is 7.96. The summed E-state index contributed by atoms with van der Waals surface area (Å²) in [6, 6.07) is 13.6. The number of fused-ring (bicyclic) bond motifs is 1. The van der Waals surface area contributed by atoms with Gasteiger partial charge in [0.05, 0.1) is 25.0 Å². The molecule has 0 unspecified atom stereocenters. The normalized spacial score (nSPS) is 15.0. The summed E-state index contributed by atoms with van der Waals surface area (Å²) in [5.74, 6) is -2.07. The van der Waals surface area contributed by atoms with Crippen molar-refractivity contribution in [2.24, 2.45) is 11.7 Å². The largest absolute Gasteiger partial charge is 0.481 e. The van der Waals surface area contributed by atoms with Crippen molar-refractivity contribution in [3.8, 4) is 11.1 Å². The average Bonchev–Trinajstić information content (AvgIpc) is 3.21. The van der Waals surface area contributed by atoms with Crippen LogP contribution >= 0.6 is 0 Å². The van der Waals surface area contributed by atoms with E-state index < -0.39 is 49.1 Å². The first-order chi connectivity index (χ1) is 19.4. The minimum absolute atomic E-state index is 0.0760. The van der Waals surface area contributed by atoms with Crippen molar-refractivity contribution in [1.29, 1.82) is 0 Å². The number of aliphatic hydroxyl groups excluding tert-OH is 2. The molecule has 0 aliphatic rings. The number of para-hydroxylation sites is 1. The molecule has 0 bridgehead atoms. The lowest BCUT2D eigenvalue weighted by Crippen LogP contribution is -2.41. The van der Waals surface area contributed by atoms with Crippen LogP contribution in [-0.2, 0) is 14.3 Å². The fraction of sp³-hybridized carbons (Fsp3) is 0.438. The first kappa shape index (κ1) is 32.0. The molecular weight excluding hydrogens is 527 g/mol. The van der Waals surface area contributed by atoms with Crippen LogP contribution < -0.4 is 5.73 Å². The maximum atomic E-state index is 13.7. The molecule has 1 aromatic heterocycles. The van der Waals surface area contributed by atoms with Gasteiger partial charge in [-0.05, 0) is 56.0 Å². The summed E-state index contributed by atoms with van der Waals surface area (Å²) in [5, 5.41) is 31.4. The molecule has 41 heavy (non-hydrogen) atoms. The van der Waals surface area contributed by atoms with E-state index in [4.69, 9.17) is 10.5 Å². The molecule has 5 N–H and O–H groups in total. The Hall–Kier alpha value is -3.53. The Morgan fingerprint density at radius 3 is 2.27 bits per heavy atom. The first-order valence-electron chi connectivity index (χ1n) is 14.0. The number of hydrogen-bond donors (Lipinski definition) is 4. The van der Waals surface area contributed by atoms with Crippen molar-refractivity contribution >= 4 is 28.9 Å². The van der Waals surface area contributed by atoms with E-state index in [-0.39, 0.29) is 24.2 Å². The number of nitrogens with two attached hydrogens (primary N) is 1. The molecule has 3 aromatic rings. The molecule has 0 fully saturated rings. The van der Waals surface area contributed by atoms with Gasteiger partial charge in [-0.25, -0.2) is 4.39 Å². The van der Waals surface area contributed by atoms with E-state index in [1.165, 1.54) is 12.1 Å². The number of aromatic nitrogens is 1. The molecule has 0 aliphatic carbocycles. The number of esters is 1. The third-order valence-electron chi connectivity index (χ3n) is 6.87. The molecule has 0 radical (unpaired) electrons. The Morgan fingerprint density at radius 1 is 1.00 bits per heavy atom. The second-order valence-electron chi connectivity index (χ2n) is 11.2. The molecular formula is C32H41FN2O6. The van der Waals surface area contributed by atoms with E-state index in [1.54, 1.807) is 24.3 Å². The summed E-state index contributed by atoms with van der Waals surface area (Å²) < 4.78 is 21.1. The Labute approximate surface area is 240 Å². The van der Waals surface area contributed by atoms with E-state index in [1.807, 2.05) is 38.1 Å². The van der Waals surface area contributed by atoms with E-state index in [0.29, 0.717) is 6.42 Å². The predicted octanol–water partition coefficient (Wildman–Crippen LogP) is 5.30. The summed E-state index contributed by atoms with van der Waals surface area (Å²) in [5.41, 5.74) is 9.60. The summed E-state index contributed by atoms with van der Waals surface area (Å²) in [4.78, 5) is 23.7. The molecule has 8 nitrogen and oxygen atoms in total. The van der Waals surface area contributed by atoms with Gasteiger partial charge in [0.1, 0.15) is 11.9 Å². The van der Waals surface area contributed by atoms with Gasteiger partial charge in [0.25, 0.3) is 0 Å². The highest BCUT2D eigenvalue weighted by molar-refractivity contribution is 6.01. The number of ether oxygens (including phenoxy) is 1. The number of halogens is 1. The summed E-state index contributed by atoms with van der Waals surface area (Å²) in [6.07, 6.45) is -0.489. The lowest BCUT2D eigenvalue weighted by molar-refractivity contribution is -0.156. The van der Waals surface area contributed by atoms with Gasteiger partial charge < -0.3 is 30.4 Å². The van der Waals surface area contributed by atoms with Gasteiger partial charge in [0, 0.05) is 40.7 Å². The molecule has 1 heterocycles. The number of carbonyl (C=O) groups excluding carboxylic acids is 1. The van der Waals surface area contributed by atoms with E-state index in [9.17, 15) is 29.3 Å².